The maximum atomic E-state index is 12.4. The third-order valence-electron chi connectivity index (χ3n) is 4.46. The molecule has 162 valence electrons. The van der Waals surface area contributed by atoms with Crippen LogP contribution in [-0.2, 0) is 4.79 Å². The molecule has 2 heterocycles. The van der Waals surface area contributed by atoms with E-state index >= 15 is 0 Å². The number of rotatable bonds is 7. The monoisotopic (exact) mass is 443 g/mol. The number of amides is 1. The molecule has 4 rings (SSSR count). The summed E-state index contributed by atoms with van der Waals surface area (Å²) in [6.45, 7) is 0.259. The fourth-order valence-corrected chi connectivity index (χ4v) is 3.62. The van der Waals surface area contributed by atoms with E-state index in [-0.39, 0.29) is 18.3 Å². The largest absolute Gasteiger partial charge is 0.497 e. The van der Waals surface area contributed by atoms with Crippen LogP contribution in [0.3, 0.4) is 0 Å². The molecule has 0 bridgehead atoms. The van der Waals surface area contributed by atoms with Gasteiger partial charge in [0.1, 0.15) is 18.1 Å². The maximum absolute atomic E-state index is 12.4. The third kappa shape index (κ3) is 4.61. The molecule has 3 aromatic rings. The minimum Gasteiger partial charge on any atom is -0.497 e. The lowest BCUT2D eigenvalue weighted by Crippen LogP contribution is -2.27. The minimum absolute atomic E-state index is 0.0831. The molecule has 0 fully saturated rings. The van der Waals surface area contributed by atoms with Crippen LogP contribution in [0.25, 0.3) is 0 Å². The van der Waals surface area contributed by atoms with Gasteiger partial charge in [-0.1, -0.05) is 23.9 Å². The summed E-state index contributed by atoms with van der Waals surface area (Å²) in [6.07, 6.45) is -0.500. The second kappa shape index (κ2) is 9.04. The van der Waals surface area contributed by atoms with Crippen molar-refractivity contribution < 1.29 is 23.7 Å². The van der Waals surface area contributed by atoms with E-state index in [4.69, 9.17) is 24.8 Å². The second-order valence-corrected chi connectivity index (χ2v) is 7.46. The molecule has 1 amide bonds. The number of hydrogen-bond donors (Lipinski definition) is 2. The van der Waals surface area contributed by atoms with Crippen LogP contribution in [0.1, 0.15) is 11.9 Å². The van der Waals surface area contributed by atoms with Gasteiger partial charge in [0.25, 0.3) is 0 Å². The number of benzene rings is 2. The average molecular weight is 443 g/mol. The van der Waals surface area contributed by atoms with Crippen molar-refractivity contribution in [1.82, 2.24) is 14.9 Å². The van der Waals surface area contributed by atoms with E-state index in [9.17, 15) is 4.79 Å². The summed E-state index contributed by atoms with van der Waals surface area (Å²) in [4.78, 5) is 12.4. The molecule has 1 aliphatic heterocycles. The van der Waals surface area contributed by atoms with Gasteiger partial charge in [0.15, 0.2) is 23.4 Å². The van der Waals surface area contributed by atoms with E-state index in [1.54, 1.807) is 32.4 Å². The van der Waals surface area contributed by atoms with Crippen LogP contribution in [0, 0.1) is 0 Å². The van der Waals surface area contributed by atoms with Gasteiger partial charge in [0, 0.05) is 23.9 Å². The number of nitrogens with one attached hydrogen (secondary N) is 1. The first-order valence-electron chi connectivity index (χ1n) is 9.32. The Morgan fingerprint density at radius 2 is 1.90 bits per heavy atom. The number of para-hydroxylation sites is 2. The molecule has 10 nitrogen and oxygen atoms in total. The lowest BCUT2D eigenvalue weighted by molar-refractivity contribution is -0.113. The molecule has 0 unspecified atom stereocenters. The van der Waals surface area contributed by atoms with Crippen LogP contribution >= 0.6 is 11.8 Å². The van der Waals surface area contributed by atoms with Crippen LogP contribution in [0.5, 0.6) is 23.0 Å². The highest BCUT2D eigenvalue weighted by atomic mass is 32.2. The predicted molar refractivity (Wildman–Crippen MR) is 114 cm³/mol. The Morgan fingerprint density at radius 1 is 1.19 bits per heavy atom. The Morgan fingerprint density at radius 3 is 2.61 bits per heavy atom. The molecule has 2 aromatic carbocycles. The predicted octanol–water partition coefficient (Wildman–Crippen LogP) is 2.25. The summed E-state index contributed by atoms with van der Waals surface area (Å²) >= 11 is 1.16. The van der Waals surface area contributed by atoms with E-state index < -0.39 is 6.10 Å². The number of carbonyl (C=O) groups excluding carboxylic acids is 1. The summed E-state index contributed by atoms with van der Waals surface area (Å²) in [5, 5.41) is 11.4. The SMILES string of the molecule is COc1cc(NC(=O)CSc2nnc([C@H]3COc4ccccc4O3)n2N)cc(OC)c1. The molecule has 1 atom stereocenters. The van der Waals surface area contributed by atoms with Crippen molar-refractivity contribution in [2.24, 2.45) is 0 Å². The fourth-order valence-electron chi connectivity index (χ4n) is 2.96. The highest BCUT2D eigenvalue weighted by Crippen LogP contribution is 2.35. The van der Waals surface area contributed by atoms with Gasteiger partial charge in [-0.2, -0.15) is 0 Å². The van der Waals surface area contributed by atoms with Crippen LogP contribution in [0.15, 0.2) is 47.6 Å². The molecule has 31 heavy (non-hydrogen) atoms. The number of methoxy groups -OCH3 is 2. The van der Waals surface area contributed by atoms with Crippen molar-refractivity contribution in [2.45, 2.75) is 11.3 Å². The van der Waals surface area contributed by atoms with E-state index in [2.05, 4.69) is 15.5 Å². The van der Waals surface area contributed by atoms with Gasteiger partial charge in [0.05, 0.1) is 20.0 Å². The van der Waals surface area contributed by atoms with Gasteiger partial charge in [-0.05, 0) is 12.1 Å². The Labute approximate surface area is 182 Å². The first kappa shape index (κ1) is 20.7. The summed E-state index contributed by atoms with van der Waals surface area (Å²) in [5.74, 6) is 8.83. The zero-order valence-corrected chi connectivity index (χ0v) is 17.7. The highest BCUT2D eigenvalue weighted by Gasteiger charge is 2.28. The van der Waals surface area contributed by atoms with Crippen molar-refractivity contribution in [3.8, 4) is 23.0 Å². The maximum Gasteiger partial charge on any atom is 0.234 e. The van der Waals surface area contributed by atoms with Crippen molar-refractivity contribution in [3.63, 3.8) is 0 Å². The molecule has 0 aliphatic carbocycles. The van der Waals surface area contributed by atoms with Crippen molar-refractivity contribution in [1.29, 1.82) is 0 Å². The number of hydrogen-bond acceptors (Lipinski definition) is 9. The Kier molecular flexibility index (Phi) is 6.03. The molecule has 11 heteroatoms. The first-order chi connectivity index (χ1) is 15.1. The Hall–Kier alpha value is -3.60. The van der Waals surface area contributed by atoms with Gasteiger partial charge >= 0.3 is 0 Å². The zero-order valence-electron chi connectivity index (χ0n) is 16.9. The number of aromatic nitrogens is 3. The quantitative estimate of drug-likeness (QED) is 0.418. The van der Waals surface area contributed by atoms with Crippen LogP contribution in [0.2, 0.25) is 0 Å². The number of nitrogens with two attached hydrogens (primary N) is 1. The number of fused-ring (bicyclic) bond motifs is 1. The van der Waals surface area contributed by atoms with E-state index in [1.165, 1.54) is 4.68 Å². The van der Waals surface area contributed by atoms with E-state index in [0.29, 0.717) is 39.7 Å². The molecular weight excluding hydrogens is 422 g/mol. The zero-order chi connectivity index (χ0) is 21.8. The third-order valence-corrected chi connectivity index (χ3v) is 5.40. The van der Waals surface area contributed by atoms with Crippen LogP contribution < -0.4 is 30.1 Å². The average Bonchev–Trinajstić information content (AvgIpc) is 3.17. The standard InChI is InChI=1S/C20H21N5O5S/c1-27-13-7-12(8-14(9-13)28-2)22-18(26)11-31-20-24-23-19(25(20)21)17-10-29-15-5-3-4-6-16(15)30-17/h3-9,17H,10-11,21H2,1-2H3,(H,22,26)/t17-/m1/s1. The lowest BCUT2D eigenvalue weighted by atomic mass is 10.2. The Bertz CT molecular complexity index is 1070. The number of nitrogen functional groups attached to an aromatic ring is 1. The molecule has 3 N–H and O–H groups in total. The molecular formula is C20H21N5O5S. The minimum atomic E-state index is -0.500. The van der Waals surface area contributed by atoms with Crippen molar-refractivity contribution in [3.05, 3.63) is 48.3 Å². The van der Waals surface area contributed by atoms with E-state index in [0.717, 1.165) is 11.8 Å². The number of anilines is 1. The van der Waals surface area contributed by atoms with Gasteiger partial charge in [-0.3, -0.25) is 4.79 Å². The van der Waals surface area contributed by atoms with Gasteiger partial charge in [-0.15, -0.1) is 10.2 Å². The van der Waals surface area contributed by atoms with Gasteiger partial charge in [0.2, 0.25) is 11.1 Å². The van der Waals surface area contributed by atoms with Crippen LogP contribution in [0.4, 0.5) is 5.69 Å². The number of carbonyl (C=O) groups is 1. The fraction of sp³-hybridized carbons (Fsp3) is 0.250. The number of nitrogens with zero attached hydrogens (tertiary/aromatic N) is 3. The molecule has 0 spiro atoms. The summed E-state index contributed by atoms with van der Waals surface area (Å²) in [7, 11) is 3.09. The summed E-state index contributed by atoms with van der Waals surface area (Å²) in [5.41, 5.74) is 0.558. The topological polar surface area (TPSA) is 123 Å². The first-order valence-corrected chi connectivity index (χ1v) is 10.3. The smallest absolute Gasteiger partial charge is 0.234 e. The molecule has 0 saturated heterocycles. The number of ether oxygens (including phenoxy) is 4. The summed E-state index contributed by atoms with van der Waals surface area (Å²) < 4.78 is 23.4. The Balaban J connectivity index is 1.38. The molecule has 1 aromatic heterocycles. The number of thioether (sulfide) groups is 1. The summed E-state index contributed by atoms with van der Waals surface area (Å²) in [6, 6.07) is 12.5. The molecule has 0 radical (unpaired) electrons. The van der Waals surface area contributed by atoms with Crippen molar-refractivity contribution >= 4 is 23.4 Å². The van der Waals surface area contributed by atoms with Gasteiger partial charge in [-0.25, -0.2) is 4.68 Å². The van der Waals surface area contributed by atoms with Crippen LogP contribution in [-0.4, -0.2) is 47.4 Å². The second-order valence-electron chi connectivity index (χ2n) is 6.51. The van der Waals surface area contributed by atoms with Gasteiger partial charge < -0.3 is 30.1 Å². The highest BCUT2D eigenvalue weighted by molar-refractivity contribution is 7.99. The lowest BCUT2D eigenvalue weighted by Gasteiger charge is -2.25. The van der Waals surface area contributed by atoms with Crippen molar-refractivity contribution in [2.75, 3.05) is 37.7 Å². The molecule has 0 saturated carbocycles. The van der Waals surface area contributed by atoms with E-state index in [1.807, 2.05) is 24.3 Å². The normalized spacial score (nSPS) is 14.7. The molecule has 1 aliphatic rings.